The van der Waals surface area contributed by atoms with Crippen molar-refractivity contribution >= 4 is 53.2 Å². The molecular weight excluding hydrogens is 707 g/mol. The summed E-state index contributed by atoms with van der Waals surface area (Å²) in [5.74, 6) is 1.17. The summed E-state index contributed by atoms with van der Waals surface area (Å²) >= 11 is 1.36. The Bertz CT molecular complexity index is 1810. The van der Waals surface area contributed by atoms with Crippen LogP contribution in [-0.2, 0) is 29.8 Å². The van der Waals surface area contributed by atoms with Gasteiger partial charge in [-0.05, 0) is 54.4 Å². The topological polar surface area (TPSA) is 0 Å². The van der Waals surface area contributed by atoms with E-state index in [-0.39, 0.29) is 39.7 Å². The molecule has 0 aliphatic rings. The number of benzene rings is 4. The zero-order chi connectivity index (χ0) is 31.3. The van der Waals surface area contributed by atoms with E-state index < -0.39 is 0 Å². The number of halogens is 2. The summed E-state index contributed by atoms with van der Waals surface area (Å²) in [4.78, 5) is 0. The number of fused-ring (bicyclic) bond motifs is 2. The van der Waals surface area contributed by atoms with E-state index in [9.17, 15) is 0 Å². The van der Waals surface area contributed by atoms with Crippen LogP contribution >= 0.6 is 24.8 Å². The number of rotatable bonds is 5. The first kappa shape index (κ1) is 44.8. The summed E-state index contributed by atoms with van der Waals surface area (Å²) in [6.07, 6.45) is 1.10. The Morgan fingerprint density at radius 3 is 1.34 bits per heavy atom. The number of hydrogen-bond donors (Lipinski definition) is 0. The van der Waals surface area contributed by atoms with Crippen molar-refractivity contribution in [1.29, 1.82) is 0 Å². The summed E-state index contributed by atoms with van der Waals surface area (Å²) in [5.41, 5.74) is 13.6. The molecule has 0 fully saturated rings. The van der Waals surface area contributed by atoms with Crippen LogP contribution in [0.1, 0.15) is 79.8 Å². The molecule has 250 valence electrons. The van der Waals surface area contributed by atoms with Crippen LogP contribution < -0.4 is 0 Å². The van der Waals surface area contributed by atoms with Crippen LogP contribution in [0.15, 0.2) is 97.1 Å². The Balaban J connectivity index is 0.000000792. The van der Waals surface area contributed by atoms with Gasteiger partial charge in [0.2, 0.25) is 0 Å². The quantitative estimate of drug-likeness (QED) is 0.121. The van der Waals surface area contributed by atoms with Gasteiger partial charge in [-0.2, -0.15) is 12.1 Å². The molecule has 0 aromatic heterocycles. The summed E-state index contributed by atoms with van der Waals surface area (Å²) in [6, 6.07) is 36.5. The monoisotopic (exact) mass is 756 g/mol. The van der Waals surface area contributed by atoms with Crippen molar-refractivity contribution in [3.63, 3.8) is 0 Å². The van der Waals surface area contributed by atoms with Crippen LogP contribution in [-0.4, -0.2) is 6.88 Å². The molecule has 0 N–H and O–H groups in total. The van der Waals surface area contributed by atoms with Gasteiger partial charge in [0.25, 0.3) is 0 Å². The Labute approximate surface area is 315 Å². The normalized spacial score (nSPS) is 10.1. The molecular formula is C43H52Cl2SiZr-4. The Morgan fingerprint density at radius 1 is 0.574 bits per heavy atom. The first-order valence-electron chi connectivity index (χ1n) is 15.5. The van der Waals surface area contributed by atoms with E-state index >= 15 is 0 Å². The van der Waals surface area contributed by atoms with Gasteiger partial charge in [0.15, 0.2) is 0 Å². The Hall–Kier alpha value is -2.22. The summed E-state index contributed by atoms with van der Waals surface area (Å²) < 4.78 is 0. The van der Waals surface area contributed by atoms with Crippen molar-refractivity contribution < 1.29 is 23.3 Å². The predicted octanol–water partition coefficient (Wildman–Crippen LogP) is 13.5. The van der Waals surface area contributed by atoms with Gasteiger partial charge in [0.05, 0.1) is 0 Å². The van der Waals surface area contributed by atoms with E-state index in [1.807, 2.05) is 0 Å². The van der Waals surface area contributed by atoms with Gasteiger partial charge in [-0.25, -0.2) is 0 Å². The average molecular weight is 759 g/mol. The van der Waals surface area contributed by atoms with Crippen molar-refractivity contribution in [1.82, 2.24) is 0 Å². The molecule has 6 rings (SSSR count). The van der Waals surface area contributed by atoms with Crippen LogP contribution in [0, 0.1) is 35.6 Å². The fraction of sp³-hybridized carbons (Fsp3) is 0.256. The SMILES string of the molecule is CCc1cc2c(-c3ccc(C(C)C)cc3)cc(C)cc2[cH-]1.Cc1cc(-c2ccc(C(C)C)cc2)c2cc(C)[cH-]c2c1.Cl.Cl.[CH3-].[CH3-].[Si]=[Zr]. The molecule has 0 nitrogen and oxygen atoms in total. The molecule has 2 radical (unpaired) electrons. The second-order valence-corrected chi connectivity index (χ2v) is 12.4. The fourth-order valence-corrected chi connectivity index (χ4v) is 5.93. The summed E-state index contributed by atoms with van der Waals surface area (Å²) in [6.45, 7) is 20.8. The first-order valence-corrected chi connectivity index (χ1v) is 19.6. The molecule has 0 saturated carbocycles. The van der Waals surface area contributed by atoms with Crippen LogP contribution in [0.4, 0.5) is 0 Å². The molecule has 0 aliphatic carbocycles. The van der Waals surface area contributed by atoms with Crippen LogP contribution in [0.25, 0.3) is 43.8 Å². The molecule has 0 amide bonds. The standard InChI is InChI=1S/C21H23.C20H21.2CH3.2ClH.Si.Zr/c1-5-16-12-19-10-15(4)11-20(21(19)13-16)18-8-6-17(7-9-18)14(2)3;1-13(2)16-5-7-17(8-6-16)19-11-14(3)9-18-10-15(4)12-20(18)19;;;;;;/h6-14H,5H2,1-4H3;5-13H,1-4H3;2*1H3;2*1H;;/q4*-1;;;;. The molecule has 0 bridgehead atoms. The van der Waals surface area contributed by atoms with Crippen LogP contribution in [0.2, 0.25) is 0 Å². The molecule has 0 aliphatic heterocycles. The van der Waals surface area contributed by atoms with E-state index in [0.29, 0.717) is 11.8 Å². The molecule has 0 unspecified atom stereocenters. The molecule has 0 spiro atoms. The zero-order valence-electron chi connectivity index (χ0n) is 29.9. The van der Waals surface area contributed by atoms with E-state index in [4.69, 9.17) is 0 Å². The van der Waals surface area contributed by atoms with Crippen molar-refractivity contribution in [2.45, 2.75) is 73.6 Å². The Kier molecular flexibility index (Phi) is 19.4. The Morgan fingerprint density at radius 2 is 0.957 bits per heavy atom. The van der Waals surface area contributed by atoms with Crippen LogP contribution in [0.3, 0.4) is 0 Å². The van der Waals surface area contributed by atoms with Gasteiger partial charge in [0.1, 0.15) is 0 Å². The van der Waals surface area contributed by atoms with Crippen molar-refractivity contribution in [3.05, 3.63) is 145 Å². The molecule has 6 aromatic rings. The maximum atomic E-state index is 3.06. The molecule has 0 atom stereocenters. The van der Waals surface area contributed by atoms with Crippen molar-refractivity contribution in [2.75, 3.05) is 0 Å². The molecule has 6 aromatic carbocycles. The van der Waals surface area contributed by atoms with E-state index in [2.05, 4.69) is 159 Å². The molecule has 0 heterocycles. The van der Waals surface area contributed by atoms with Gasteiger partial charge < -0.3 is 14.9 Å². The van der Waals surface area contributed by atoms with E-state index in [0.717, 1.165) is 6.42 Å². The first-order chi connectivity index (χ1) is 20.6. The number of hydrogen-bond acceptors (Lipinski definition) is 0. The van der Waals surface area contributed by atoms with Gasteiger partial charge >= 0.3 is 30.2 Å². The molecule has 4 heteroatoms. The summed E-state index contributed by atoms with van der Waals surface area (Å²) in [7, 11) is 0. The molecule has 47 heavy (non-hydrogen) atoms. The second-order valence-electron chi connectivity index (χ2n) is 12.4. The third kappa shape index (κ3) is 10.9. The van der Waals surface area contributed by atoms with Gasteiger partial charge in [-0.1, -0.05) is 124 Å². The predicted molar refractivity (Wildman–Crippen MR) is 215 cm³/mol. The van der Waals surface area contributed by atoms with E-state index in [1.54, 1.807) is 0 Å². The van der Waals surface area contributed by atoms with Crippen LogP contribution in [0.5, 0.6) is 0 Å². The van der Waals surface area contributed by atoms with Gasteiger partial charge in [0, 0.05) is 0 Å². The third-order valence-electron chi connectivity index (χ3n) is 8.32. The van der Waals surface area contributed by atoms with E-state index in [1.165, 1.54) is 101 Å². The zero-order valence-corrected chi connectivity index (χ0v) is 35.0. The minimum absolute atomic E-state index is 0. The van der Waals surface area contributed by atoms with Gasteiger partial charge in [-0.3, -0.25) is 0 Å². The van der Waals surface area contributed by atoms with Crippen molar-refractivity contribution in [3.8, 4) is 22.3 Å². The van der Waals surface area contributed by atoms with Gasteiger partial charge in [-0.15, -0.1) is 81.8 Å². The average Bonchev–Trinajstić information content (AvgIpc) is 3.60. The third-order valence-corrected chi connectivity index (χ3v) is 8.32. The second kappa shape index (κ2) is 20.3. The van der Waals surface area contributed by atoms with Crippen molar-refractivity contribution in [2.24, 2.45) is 0 Å². The number of aryl methyl sites for hydroxylation is 4. The summed E-state index contributed by atoms with van der Waals surface area (Å²) in [5, 5.41) is 5.47. The fourth-order valence-electron chi connectivity index (χ4n) is 5.93. The maximum absolute atomic E-state index is 3.06. The molecule has 0 saturated heterocycles. The minimum atomic E-state index is 0.